The smallest absolute Gasteiger partial charge is 0.126 e. The van der Waals surface area contributed by atoms with Crippen LogP contribution >= 0.6 is 0 Å². The third kappa shape index (κ3) is 1.34. The summed E-state index contributed by atoms with van der Waals surface area (Å²) in [5.74, 6) is 5.72. The summed E-state index contributed by atoms with van der Waals surface area (Å²) in [6.45, 7) is 0. The van der Waals surface area contributed by atoms with Crippen LogP contribution in [0.25, 0.3) is 0 Å². The van der Waals surface area contributed by atoms with Gasteiger partial charge in [0, 0.05) is 7.05 Å². The van der Waals surface area contributed by atoms with Gasteiger partial charge in [-0.1, -0.05) is 5.92 Å². The van der Waals surface area contributed by atoms with Crippen LogP contribution in [0.4, 0.5) is 0 Å². The van der Waals surface area contributed by atoms with E-state index in [1.54, 1.807) is 10.9 Å². The number of hydrogen-bond acceptors (Lipinski definition) is 2. The molecule has 0 amide bonds. The van der Waals surface area contributed by atoms with Gasteiger partial charge in [0.2, 0.25) is 0 Å². The molecule has 1 aromatic rings. The summed E-state index contributed by atoms with van der Waals surface area (Å²) in [5.41, 5.74) is 0.153. The Labute approximate surface area is 71.0 Å². The summed E-state index contributed by atoms with van der Waals surface area (Å²) in [7, 11) is 1.83. The molecule has 0 saturated heterocycles. The number of hydrogen-bond donors (Lipinski definition) is 1. The average Bonchev–Trinajstić information content (AvgIpc) is 2.61. The number of aryl methyl sites for hydroxylation is 1. The van der Waals surface area contributed by atoms with Crippen LogP contribution in [0.3, 0.4) is 0 Å². The number of aromatic nitrogens is 2. The van der Waals surface area contributed by atoms with Crippen molar-refractivity contribution in [3.05, 3.63) is 18.0 Å². The lowest BCUT2D eigenvalue weighted by Crippen LogP contribution is -2.01. The first-order valence-electron chi connectivity index (χ1n) is 3.93. The minimum atomic E-state index is -0.690. The third-order valence-corrected chi connectivity index (χ3v) is 1.97. The van der Waals surface area contributed by atoms with Crippen molar-refractivity contribution >= 4 is 0 Å². The molecular weight excluding hydrogens is 152 g/mol. The van der Waals surface area contributed by atoms with Crippen LogP contribution in [-0.2, 0) is 7.05 Å². The van der Waals surface area contributed by atoms with Gasteiger partial charge in [-0.3, -0.25) is 4.68 Å². The van der Waals surface area contributed by atoms with Crippen molar-refractivity contribution in [3.63, 3.8) is 0 Å². The van der Waals surface area contributed by atoms with E-state index < -0.39 is 5.60 Å². The van der Waals surface area contributed by atoms with Crippen molar-refractivity contribution in [1.82, 2.24) is 9.78 Å². The number of aliphatic hydroxyl groups is 1. The fourth-order valence-electron chi connectivity index (χ4n) is 0.920. The summed E-state index contributed by atoms with van der Waals surface area (Å²) in [5, 5.41) is 13.4. The zero-order valence-electron chi connectivity index (χ0n) is 6.91. The van der Waals surface area contributed by atoms with Gasteiger partial charge in [-0.2, -0.15) is 5.10 Å². The Hall–Kier alpha value is -1.27. The van der Waals surface area contributed by atoms with Gasteiger partial charge in [0.25, 0.3) is 0 Å². The predicted octanol–water partition coefficient (Wildman–Crippen LogP) is 0.296. The Bertz CT molecular complexity index is 352. The summed E-state index contributed by atoms with van der Waals surface area (Å²) in [6, 6.07) is 1.83. The van der Waals surface area contributed by atoms with E-state index in [-0.39, 0.29) is 0 Å². The maximum Gasteiger partial charge on any atom is 0.126 e. The Balaban J connectivity index is 2.21. The van der Waals surface area contributed by atoms with Gasteiger partial charge >= 0.3 is 0 Å². The van der Waals surface area contributed by atoms with Gasteiger partial charge < -0.3 is 5.11 Å². The zero-order valence-corrected chi connectivity index (χ0v) is 6.91. The van der Waals surface area contributed by atoms with Crippen molar-refractivity contribution in [2.75, 3.05) is 0 Å². The summed E-state index contributed by atoms with van der Waals surface area (Å²) in [6.07, 6.45) is 3.30. The largest absolute Gasteiger partial charge is 0.378 e. The first-order valence-corrected chi connectivity index (χ1v) is 3.93. The molecule has 12 heavy (non-hydrogen) atoms. The van der Waals surface area contributed by atoms with E-state index in [1.165, 1.54) is 0 Å². The zero-order chi connectivity index (χ0) is 8.60. The highest BCUT2D eigenvalue weighted by atomic mass is 16.3. The molecule has 0 aromatic carbocycles. The fourth-order valence-corrected chi connectivity index (χ4v) is 0.920. The first kappa shape index (κ1) is 7.38. The molecule has 62 valence electrons. The van der Waals surface area contributed by atoms with E-state index in [2.05, 4.69) is 16.9 Å². The van der Waals surface area contributed by atoms with Gasteiger partial charge in [-0.25, -0.2) is 0 Å². The molecule has 1 heterocycles. The van der Waals surface area contributed by atoms with Crippen LogP contribution in [0.2, 0.25) is 0 Å². The van der Waals surface area contributed by atoms with Crippen LogP contribution in [-0.4, -0.2) is 20.5 Å². The minimum absolute atomic E-state index is 0.690. The van der Waals surface area contributed by atoms with E-state index in [9.17, 15) is 5.11 Å². The Morgan fingerprint density at radius 2 is 2.42 bits per heavy atom. The normalized spacial score (nSPS) is 18.2. The second-order valence-corrected chi connectivity index (χ2v) is 3.12. The van der Waals surface area contributed by atoms with Crippen molar-refractivity contribution in [2.24, 2.45) is 7.05 Å². The highest BCUT2D eigenvalue weighted by Crippen LogP contribution is 2.33. The fraction of sp³-hybridized carbons (Fsp3) is 0.444. The number of rotatable bonds is 0. The predicted molar refractivity (Wildman–Crippen MR) is 44.3 cm³/mol. The SMILES string of the molecule is Cn1nccc1C#CC1(O)CC1. The molecule has 1 aromatic heterocycles. The summed E-state index contributed by atoms with van der Waals surface area (Å²) in [4.78, 5) is 0. The average molecular weight is 162 g/mol. The maximum atomic E-state index is 9.42. The molecule has 1 saturated carbocycles. The van der Waals surface area contributed by atoms with Gasteiger partial charge in [0.05, 0.1) is 6.20 Å². The topological polar surface area (TPSA) is 38.0 Å². The molecule has 0 radical (unpaired) electrons. The van der Waals surface area contributed by atoms with Crippen molar-refractivity contribution in [3.8, 4) is 11.8 Å². The van der Waals surface area contributed by atoms with Crippen molar-refractivity contribution in [2.45, 2.75) is 18.4 Å². The Kier molecular flexibility index (Phi) is 1.45. The van der Waals surface area contributed by atoms with Crippen LogP contribution < -0.4 is 0 Å². The molecule has 1 fully saturated rings. The van der Waals surface area contributed by atoms with Gasteiger partial charge in [-0.05, 0) is 24.8 Å². The molecule has 0 unspecified atom stereocenters. The lowest BCUT2D eigenvalue weighted by Gasteiger charge is -1.93. The van der Waals surface area contributed by atoms with Crippen LogP contribution in [0, 0.1) is 11.8 Å². The molecule has 1 N–H and O–H groups in total. The van der Waals surface area contributed by atoms with E-state index in [4.69, 9.17) is 0 Å². The highest BCUT2D eigenvalue weighted by Gasteiger charge is 2.38. The summed E-state index contributed by atoms with van der Waals surface area (Å²) < 4.78 is 1.69. The third-order valence-electron chi connectivity index (χ3n) is 1.97. The molecule has 0 aliphatic heterocycles. The van der Waals surface area contributed by atoms with Crippen molar-refractivity contribution < 1.29 is 5.11 Å². The Morgan fingerprint density at radius 3 is 2.92 bits per heavy atom. The van der Waals surface area contributed by atoms with Crippen molar-refractivity contribution in [1.29, 1.82) is 0 Å². The monoisotopic (exact) mass is 162 g/mol. The highest BCUT2D eigenvalue weighted by molar-refractivity contribution is 5.33. The molecule has 3 nitrogen and oxygen atoms in total. The molecule has 2 rings (SSSR count). The Morgan fingerprint density at radius 1 is 1.67 bits per heavy atom. The quantitative estimate of drug-likeness (QED) is 0.557. The van der Waals surface area contributed by atoms with Gasteiger partial charge in [-0.15, -0.1) is 0 Å². The van der Waals surface area contributed by atoms with Crippen LogP contribution in [0.5, 0.6) is 0 Å². The lowest BCUT2D eigenvalue weighted by molar-refractivity contribution is 0.212. The van der Waals surface area contributed by atoms with Crippen LogP contribution in [0.15, 0.2) is 12.3 Å². The van der Waals surface area contributed by atoms with Gasteiger partial charge in [0.1, 0.15) is 11.3 Å². The standard InChI is InChI=1S/C9H10N2O/c1-11-8(3-7-10-11)2-4-9(12)5-6-9/h3,7,12H,5-6H2,1H3. The van der Waals surface area contributed by atoms with E-state index in [0.717, 1.165) is 18.5 Å². The van der Waals surface area contributed by atoms with E-state index in [0.29, 0.717) is 0 Å². The second kappa shape index (κ2) is 2.36. The summed E-state index contributed by atoms with van der Waals surface area (Å²) >= 11 is 0. The lowest BCUT2D eigenvalue weighted by atomic mass is 10.3. The second-order valence-electron chi connectivity index (χ2n) is 3.12. The minimum Gasteiger partial charge on any atom is -0.378 e. The molecule has 0 bridgehead atoms. The van der Waals surface area contributed by atoms with Gasteiger partial charge in [0.15, 0.2) is 0 Å². The molecule has 0 atom stereocenters. The molecular formula is C9H10N2O. The first-order chi connectivity index (χ1) is 5.70. The molecule has 1 aliphatic carbocycles. The van der Waals surface area contributed by atoms with E-state index >= 15 is 0 Å². The molecule has 3 heteroatoms. The molecule has 0 spiro atoms. The van der Waals surface area contributed by atoms with E-state index in [1.807, 2.05) is 13.1 Å². The van der Waals surface area contributed by atoms with Crippen LogP contribution in [0.1, 0.15) is 18.5 Å². The molecule has 1 aliphatic rings. The number of nitrogens with zero attached hydrogens (tertiary/aromatic N) is 2. The maximum absolute atomic E-state index is 9.42.